The lowest BCUT2D eigenvalue weighted by Crippen LogP contribution is -2.15. The zero-order chi connectivity index (χ0) is 14.7. The summed E-state index contributed by atoms with van der Waals surface area (Å²) in [6.07, 6.45) is 0. The minimum absolute atomic E-state index is 0.0392. The van der Waals surface area contributed by atoms with Crippen molar-refractivity contribution in [3.63, 3.8) is 0 Å². The minimum atomic E-state index is -0.753. The number of amidine groups is 1. The van der Waals surface area contributed by atoms with Crippen molar-refractivity contribution in [2.45, 2.75) is 0 Å². The van der Waals surface area contributed by atoms with Gasteiger partial charge < -0.3 is 15.7 Å². The summed E-state index contributed by atoms with van der Waals surface area (Å²) in [5.41, 5.74) is 5.57. The van der Waals surface area contributed by atoms with Crippen LogP contribution in [-0.2, 0) is 0 Å². The van der Waals surface area contributed by atoms with Crippen molar-refractivity contribution in [1.82, 2.24) is 0 Å². The van der Waals surface area contributed by atoms with Gasteiger partial charge >= 0.3 is 0 Å². The van der Waals surface area contributed by atoms with Gasteiger partial charge in [-0.15, -0.1) is 0 Å². The topological polar surface area (TPSA) is 67.8 Å². The Kier molecular flexibility index (Phi) is 4.05. The number of rotatable bonds is 3. The molecule has 0 aliphatic carbocycles. The number of hydrogen-bond donors (Lipinski definition) is 2. The van der Waals surface area contributed by atoms with Gasteiger partial charge in [0, 0.05) is 6.07 Å². The largest absolute Gasteiger partial charge is 0.453 e. The van der Waals surface area contributed by atoms with E-state index in [-0.39, 0.29) is 27.9 Å². The predicted molar refractivity (Wildman–Crippen MR) is 70.4 cm³/mol. The summed E-state index contributed by atoms with van der Waals surface area (Å²) in [5.74, 6) is -2.01. The van der Waals surface area contributed by atoms with Crippen molar-refractivity contribution < 1.29 is 18.7 Å². The van der Waals surface area contributed by atoms with Crippen LogP contribution in [0.4, 0.5) is 8.78 Å². The molecule has 0 saturated carbocycles. The number of benzene rings is 2. The van der Waals surface area contributed by atoms with Crippen molar-refractivity contribution in [2.24, 2.45) is 10.9 Å². The van der Waals surface area contributed by atoms with Crippen LogP contribution in [0, 0.1) is 11.6 Å². The maximum Gasteiger partial charge on any atom is 0.175 e. The second-order valence-electron chi connectivity index (χ2n) is 3.78. The second kappa shape index (κ2) is 5.75. The van der Waals surface area contributed by atoms with E-state index < -0.39 is 11.6 Å². The lowest BCUT2D eigenvalue weighted by atomic mass is 10.2. The van der Waals surface area contributed by atoms with Crippen molar-refractivity contribution >= 4 is 17.4 Å². The monoisotopic (exact) mass is 298 g/mol. The van der Waals surface area contributed by atoms with Gasteiger partial charge in [-0.3, -0.25) is 0 Å². The van der Waals surface area contributed by atoms with Crippen LogP contribution in [0.2, 0.25) is 5.02 Å². The van der Waals surface area contributed by atoms with Crippen molar-refractivity contribution in [3.8, 4) is 11.5 Å². The van der Waals surface area contributed by atoms with Crippen LogP contribution in [0.3, 0.4) is 0 Å². The molecule has 7 heteroatoms. The third-order valence-corrected chi connectivity index (χ3v) is 2.77. The summed E-state index contributed by atoms with van der Waals surface area (Å²) >= 11 is 5.92. The van der Waals surface area contributed by atoms with E-state index in [2.05, 4.69) is 5.16 Å². The molecular formula is C13H9ClF2N2O2. The molecule has 2 aromatic carbocycles. The average molecular weight is 299 g/mol. The van der Waals surface area contributed by atoms with Gasteiger partial charge in [0.25, 0.3) is 0 Å². The number of ether oxygens (including phenoxy) is 1. The fraction of sp³-hybridized carbons (Fsp3) is 0. The third kappa shape index (κ3) is 2.80. The van der Waals surface area contributed by atoms with Crippen LogP contribution in [0.25, 0.3) is 0 Å². The van der Waals surface area contributed by atoms with Crippen molar-refractivity contribution in [2.75, 3.05) is 0 Å². The molecule has 0 spiro atoms. The molecular weight excluding hydrogens is 290 g/mol. The SMILES string of the molecule is NC(=NO)c1c(Cl)cccc1Oc1cc(F)ccc1F. The van der Waals surface area contributed by atoms with E-state index >= 15 is 0 Å². The molecule has 2 aromatic rings. The number of halogens is 3. The number of hydrogen-bond acceptors (Lipinski definition) is 3. The molecule has 3 N–H and O–H groups in total. The van der Waals surface area contributed by atoms with E-state index in [1.807, 2.05) is 0 Å². The lowest BCUT2D eigenvalue weighted by Gasteiger charge is -2.12. The first-order valence-corrected chi connectivity index (χ1v) is 5.80. The summed E-state index contributed by atoms with van der Waals surface area (Å²) in [4.78, 5) is 0. The van der Waals surface area contributed by atoms with Crippen LogP contribution in [-0.4, -0.2) is 11.0 Å². The highest BCUT2D eigenvalue weighted by Gasteiger charge is 2.15. The van der Waals surface area contributed by atoms with E-state index in [0.29, 0.717) is 0 Å². The van der Waals surface area contributed by atoms with Gasteiger partial charge in [0.2, 0.25) is 0 Å². The molecule has 0 amide bonds. The van der Waals surface area contributed by atoms with Crippen LogP contribution in [0.15, 0.2) is 41.6 Å². The maximum absolute atomic E-state index is 13.5. The molecule has 0 radical (unpaired) electrons. The smallest absolute Gasteiger partial charge is 0.175 e. The van der Waals surface area contributed by atoms with Crippen molar-refractivity contribution in [1.29, 1.82) is 0 Å². The van der Waals surface area contributed by atoms with E-state index in [9.17, 15) is 8.78 Å². The van der Waals surface area contributed by atoms with Gasteiger partial charge in [-0.2, -0.15) is 0 Å². The Morgan fingerprint density at radius 2 is 1.95 bits per heavy atom. The Labute approximate surface area is 118 Å². The summed E-state index contributed by atoms with van der Waals surface area (Å²) in [7, 11) is 0. The van der Waals surface area contributed by atoms with Gasteiger partial charge in [-0.1, -0.05) is 22.8 Å². The highest BCUT2D eigenvalue weighted by Crippen LogP contribution is 2.31. The molecule has 104 valence electrons. The first kappa shape index (κ1) is 14.1. The predicted octanol–water partition coefficient (Wildman–Crippen LogP) is 3.51. The van der Waals surface area contributed by atoms with E-state index in [1.54, 1.807) is 0 Å². The molecule has 20 heavy (non-hydrogen) atoms. The van der Waals surface area contributed by atoms with Crippen LogP contribution in [0.5, 0.6) is 11.5 Å². The Bertz CT molecular complexity index is 677. The van der Waals surface area contributed by atoms with E-state index in [0.717, 1.165) is 18.2 Å². The zero-order valence-electron chi connectivity index (χ0n) is 9.98. The van der Waals surface area contributed by atoms with Gasteiger partial charge in [-0.25, -0.2) is 8.78 Å². The first-order chi connectivity index (χ1) is 9.52. The van der Waals surface area contributed by atoms with Gasteiger partial charge in [0.05, 0.1) is 10.6 Å². The molecule has 0 aliphatic rings. The Balaban J connectivity index is 2.49. The molecule has 0 atom stereocenters. The fourth-order valence-electron chi connectivity index (χ4n) is 1.56. The Hall–Kier alpha value is -2.34. The minimum Gasteiger partial charge on any atom is -0.453 e. The quantitative estimate of drug-likeness (QED) is 0.394. The van der Waals surface area contributed by atoms with Crippen LogP contribution < -0.4 is 10.5 Å². The van der Waals surface area contributed by atoms with Crippen LogP contribution >= 0.6 is 11.6 Å². The number of nitrogens with zero attached hydrogens (tertiary/aromatic N) is 1. The second-order valence-corrected chi connectivity index (χ2v) is 4.18. The molecule has 0 aliphatic heterocycles. The molecule has 0 bridgehead atoms. The van der Waals surface area contributed by atoms with Crippen LogP contribution in [0.1, 0.15) is 5.56 Å². The molecule has 0 heterocycles. The number of nitrogens with two attached hydrogens (primary N) is 1. The normalized spacial score (nSPS) is 11.4. The van der Waals surface area contributed by atoms with E-state index in [1.165, 1.54) is 18.2 Å². The summed E-state index contributed by atoms with van der Waals surface area (Å²) in [6.45, 7) is 0. The molecule has 0 saturated heterocycles. The highest BCUT2D eigenvalue weighted by molar-refractivity contribution is 6.34. The van der Waals surface area contributed by atoms with E-state index in [4.69, 9.17) is 27.3 Å². The fourth-order valence-corrected chi connectivity index (χ4v) is 1.82. The molecule has 4 nitrogen and oxygen atoms in total. The Morgan fingerprint density at radius 3 is 2.65 bits per heavy atom. The van der Waals surface area contributed by atoms with Crippen molar-refractivity contribution in [3.05, 3.63) is 58.6 Å². The summed E-state index contributed by atoms with van der Waals surface area (Å²) < 4.78 is 31.9. The summed E-state index contributed by atoms with van der Waals surface area (Å²) in [6, 6.07) is 7.23. The van der Waals surface area contributed by atoms with Gasteiger partial charge in [-0.05, 0) is 24.3 Å². The Morgan fingerprint density at radius 1 is 1.20 bits per heavy atom. The maximum atomic E-state index is 13.5. The highest BCUT2D eigenvalue weighted by atomic mass is 35.5. The number of oxime groups is 1. The standard InChI is InChI=1S/C13H9ClF2N2O2/c14-8-2-1-3-10(12(8)13(17)18-19)20-11-6-7(15)4-5-9(11)16/h1-6,19H,(H2,17,18). The molecule has 0 fully saturated rings. The van der Waals surface area contributed by atoms with Gasteiger partial charge in [0.15, 0.2) is 17.4 Å². The average Bonchev–Trinajstić information content (AvgIpc) is 2.42. The summed E-state index contributed by atoms with van der Waals surface area (Å²) in [5, 5.41) is 11.7. The first-order valence-electron chi connectivity index (χ1n) is 5.42. The van der Waals surface area contributed by atoms with Gasteiger partial charge in [0.1, 0.15) is 11.6 Å². The molecule has 2 rings (SSSR count). The molecule has 0 unspecified atom stereocenters. The lowest BCUT2D eigenvalue weighted by molar-refractivity contribution is 0.318. The third-order valence-electron chi connectivity index (χ3n) is 2.45. The zero-order valence-corrected chi connectivity index (χ0v) is 10.7. The molecule has 0 aromatic heterocycles.